The van der Waals surface area contributed by atoms with Crippen molar-refractivity contribution >= 4 is 5.97 Å². The van der Waals surface area contributed by atoms with Crippen molar-refractivity contribution in [1.29, 1.82) is 0 Å². The molecule has 0 aliphatic heterocycles. The summed E-state index contributed by atoms with van der Waals surface area (Å²) < 4.78 is 4.72. The highest BCUT2D eigenvalue weighted by Crippen LogP contribution is 2.00. The Morgan fingerprint density at radius 3 is 2.73 bits per heavy atom. The maximum atomic E-state index is 10.8. The lowest BCUT2D eigenvalue weighted by molar-refractivity contribution is -0.138. The Kier molecular flexibility index (Phi) is 6.79. The van der Waals surface area contributed by atoms with Crippen molar-refractivity contribution in [3.63, 3.8) is 0 Å². The molecule has 0 fully saturated rings. The van der Waals surface area contributed by atoms with Crippen molar-refractivity contribution in [2.24, 2.45) is 0 Å². The standard InChI is InChI=1S/C9H16O2/c1-3-5-6-7-9(10)11-8-4-2/h4,8H,3,5-7H2,1-2H3. The molecule has 0 heterocycles. The molecule has 2 heteroatoms. The van der Waals surface area contributed by atoms with Gasteiger partial charge in [0.2, 0.25) is 0 Å². The largest absolute Gasteiger partial charge is 0.435 e. The predicted octanol–water partition coefficient (Wildman–Crippen LogP) is 2.64. The van der Waals surface area contributed by atoms with Gasteiger partial charge in [-0.25, -0.2) is 0 Å². The maximum absolute atomic E-state index is 10.8. The smallest absolute Gasteiger partial charge is 0.310 e. The fourth-order valence-electron chi connectivity index (χ4n) is 0.722. The summed E-state index contributed by atoms with van der Waals surface area (Å²) in [5.74, 6) is -0.128. The van der Waals surface area contributed by atoms with Gasteiger partial charge in [-0.05, 0) is 13.3 Å². The van der Waals surface area contributed by atoms with Crippen molar-refractivity contribution in [3.05, 3.63) is 12.3 Å². The van der Waals surface area contributed by atoms with Crippen LogP contribution in [0.3, 0.4) is 0 Å². The van der Waals surface area contributed by atoms with Crippen LogP contribution in [0.25, 0.3) is 0 Å². The molecule has 0 amide bonds. The van der Waals surface area contributed by atoms with Gasteiger partial charge in [0.25, 0.3) is 0 Å². The first-order chi connectivity index (χ1) is 5.31. The van der Waals surface area contributed by atoms with Gasteiger partial charge in [0, 0.05) is 6.42 Å². The van der Waals surface area contributed by atoms with Gasteiger partial charge in [-0.15, -0.1) is 0 Å². The molecule has 11 heavy (non-hydrogen) atoms. The van der Waals surface area contributed by atoms with Crippen molar-refractivity contribution < 1.29 is 9.53 Å². The predicted molar refractivity (Wildman–Crippen MR) is 45.0 cm³/mol. The molecule has 0 spiro atoms. The maximum Gasteiger partial charge on any atom is 0.310 e. The van der Waals surface area contributed by atoms with Crippen LogP contribution in [0.1, 0.15) is 39.5 Å². The zero-order valence-corrected chi connectivity index (χ0v) is 7.30. The van der Waals surface area contributed by atoms with Gasteiger partial charge in [-0.3, -0.25) is 4.79 Å². The summed E-state index contributed by atoms with van der Waals surface area (Å²) in [7, 11) is 0. The monoisotopic (exact) mass is 156 g/mol. The van der Waals surface area contributed by atoms with Crippen molar-refractivity contribution in [2.75, 3.05) is 0 Å². The molecule has 0 N–H and O–H groups in total. The third-order valence-electron chi connectivity index (χ3n) is 1.32. The van der Waals surface area contributed by atoms with E-state index in [9.17, 15) is 4.79 Å². The highest BCUT2D eigenvalue weighted by atomic mass is 16.5. The molecule has 0 rings (SSSR count). The highest BCUT2D eigenvalue weighted by molar-refractivity contribution is 5.69. The second-order valence-electron chi connectivity index (χ2n) is 2.42. The van der Waals surface area contributed by atoms with Crippen LogP contribution in [0.15, 0.2) is 12.3 Å². The molecule has 0 aromatic heterocycles. The van der Waals surface area contributed by atoms with E-state index in [0.717, 1.165) is 19.3 Å². The van der Waals surface area contributed by atoms with Crippen molar-refractivity contribution in [2.45, 2.75) is 39.5 Å². The lowest BCUT2D eigenvalue weighted by Crippen LogP contribution is -1.98. The van der Waals surface area contributed by atoms with Gasteiger partial charge in [0.05, 0.1) is 6.26 Å². The number of carbonyl (C=O) groups excluding carboxylic acids is 1. The van der Waals surface area contributed by atoms with Crippen molar-refractivity contribution in [1.82, 2.24) is 0 Å². The summed E-state index contributed by atoms with van der Waals surface area (Å²) in [6.45, 7) is 3.93. The van der Waals surface area contributed by atoms with Crippen LogP contribution in [0.4, 0.5) is 0 Å². The van der Waals surface area contributed by atoms with Crippen LogP contribution < -0.4 is 0 Å². The Labute approximate surface area is 68.2 Å². The molecule has 64 valence electrons. The van der Waals surface area contributed by atoms with Crippen molar-refractivity contribution in [3.8, 4) is 0 Å². The molecule has 0 radical (unpaired) electrons. The topological polar surface area (TPSA) is 26.3 Å². The SMILES string of the molecule is CC=COC(=O)CCCCC. The normalized spacial score (nSPS) is 10.4. The van der Waals surface area contributed by atoms with E-state index in [1.807, 2.05) is 6.92 Å². The third kappa shape index (κ3) is 7.10. The van der Waals surface area contributed by atoms with Gasteiger partial charge >= 0.3 is 5.97 Å². The number of rotatable bonds is 5. The van der Waals surface area contributed by atoms with E-state index in [-0.39, 0.29) is 5.97 Å². The first kappa shape index (κ1) is 10.2. The van der Waals surface area contributed by atoms with Gasteiger partial charge in [-0.1, -0.05) is 25.8 Å². The zero-order chi connectivity index (χ0) is 8.53. The van der Waals surface area contributed by atoms with E-state index in [0.29, 0.717) is 6.42 Å². The number of hydrogen-bond acceptors (Lipinski definition) is 2. The Morgan fingerprint density at radius 2 is 2.18 bits per heavy atom. The van der Waals surface area contributed by atoms with E-state index in [1.165, 1.54) is 6.26 Å². The Morgan fingerprint density at radius 1 is 1.45 bits per heavy atom. The summed E-state index contributed by atoms with van der Waals surface area (Å²) in [6, 6.07) is 0. The fourth-order valence-corrected chi connectivity index (χ4v) is 0.722. The Hall–Kier alpha value is -0.790. The van der Waals surface area contributed by atoms with Crippen LogP contribution in [-0.4, -0.2) is 5.97 Å². The van der Waals surface area contributed by atoms with Crippen LogP contribution in [0, 0.1) is 0 Å². The lowest BCUT2D eigenvalue weighted by atomic mass is 10.2. The average molecular weight is 156 g/mol. The minimum atomic E-state index is -0.128. The summed E-state index contributed by atoms with van der Waals surface area (Å²) in [4.78, 5) is 10.8. The average Bonchev–Trinajstić information content (AvgIpc) is 2.01. The van der Waals surface area contributed by atoms with E-state index in [1.54, 1.807) is 6.08 Å². The molecule has 0 saturated heterocycles. The van der Waals surface area contributed by atoms with Gasteiger partial charge in [0.15, 0.2) is 0 Å². The number of ether oxygens (including phenoxy) is 1. The van der Waals surface area contributed by atoms with Gasteiger partial charge in [-0.2, -0.15) is 0 Å². The Bertz CT molecular complexity index is 128. The lowest BCUT2D eigenvalue weighted by Gasteiger charge is -1.96. The number of hydrogen-bond donors (Lipinski definition) is 0. The van der Waals surface area contributed by atoms with E-state index in [2.05, 4.69) is 6.92 Å². The summed E-state index contributed by atoms with van der Waals surface area (Å²) in [5, 5.41) is 0. The molecular weight excluding hydrogens is 140 g/mol. The Balaban J connectivity index is 3.23. The molecule has 0 saturated carbocycles. The number of carbonyl (C=O) groups is 1. The molecular formula is C9H16O2. The molecule has 0 aliphatic rings. The van der Waals surface area contributed by atoms with E-state index >= 15 is 0 Å². The third-order valence-corrected chi connectivity index (χ3v) is 1.32. The van der Waals surface area contributed by atoms with Crippen LogP contribution in [0.2, 0.25) is 0 Å². The molecule has 0 aromatic rings. The minimum absolute atomic E-state index is 0.128. The molecule has 0 atom stereocenters. The van der Waals surface area contributed by atoms with E-state index < -0.39 is 0 Å². The molecule has 0 bridgehead atoms. The minimum Gasteiger partial charge on any atom is -0.435 e. The molecule has 0 unspecified atom stereocenters. The molecule has 0 aliphatic carbocycles. The zero-order valence-electron chi connectivity index (χ0n) is 7.30. The van der Waals surface area contributed by atoms with Crippen LogP contribution in [0.5, 0.6) is 0 Å². The first-order valence-electron chi connectivity index (χ1n) is 4.12. The second-order valence-corrected chi connectivity index (χ2v) is 2.42. The van der Waals surface area contributed by atoms with Gasteiger partial charge in [0.1, 0.15) is 0 Å². The number of allylic oxidation sites excluding steroid dienone is 1. The fraction of sp³-hybridized carbons (Fsp3) is 0.667. The summed E-state index contributed by atoms with van der Waals surface area (Å²) in [6.07, 6.45) is 6.85. The highest BCUT2D eigenvalue weighted by Gasteiger charge is 1.98. The van der Waals surface area contributed by atoms with Gasteiger partial charge < -0.3 is 4.74 Å². The summed E-state index contributed by atoms with van der Waals surface area (Å²) in [5.41, 5.74) is 0. The molecule has 0 aromatic carbocycles. The molecule has 2 nitrogen and oxygen atoms in total. The van der Waals surface area contributed by atoms with Crippen LogP contribution >= 0.6 is 0 Å². The van der Waals surface area contributed by atoms with Crippen LogP contribution in [-0.2, 0) is 9.53 Å². The first-order valence-corrected chi connectivity index (χ1v) is 4.12. The summed E-state index contributed by atoms with van der Waals surface area (Å²) >= 11 is 0. The quantitative estimate of drug-likeness (QED) is 0.347. The second kappa shape index (κ2) is 7.32. The number of esters is 1. The van der Waals surface area contributed by atoms with E-state index in [4.69, 9.17) is 4.74 Å². The number of unbranched alkanes of at least 4 members (excludes halogenated alkanes) is 2.